The molecule has 0 fully saturated rings. The van der Waals surface area contributed by atoms with Crippen LogP contribution in [-0.4, -0.2) is 16.8 Å². The van der Waals surface area contributed by atoms with Crippen molar-refractivity contribution >= 4 is 52.6 Å². The fourth-order valence-electron chi connectivity index (χ4n) is 6.34. The van der Waals surface area contributed by atoms with E-state index >= 15 is 0 Å². The molecule has 0 saturated heterocycles. The van der Waals surface area contributed by atoms with E-state index in [4.69, 9.17) is 8.37 Å². The van der Waals surface area contributed by atoms with Gasteiger partial charge in [0.1, 0.15) is 21.3 Å². The minimum absolute atomic E-state index is 0.187. The lowest BCUT2D eigenvalue weighted by Crippen LogP contribution is -2.12. The van der Waals surface area contributed by atoms with Crippen LogP contribution in [0, 0.1) is 20.9 Å². The number of hydrogen-bond acceptors (Lipinski definition) is 6. The molecule has 0 heterocycles. The predicted molar refractivity (Wildman–Crippen MR) is 187 cm³/mol. The van der Waals surface area contributed by atoms with Gasteiger partial charge < -0.3 is 8.37 Å². The fourth-order valence-corrected chi connectivity index (χ4v) is 8.63. The van der Waals surface area contributed by atoms with Crippen LogP contribution in [0.4, 0.5) is 0 Å². The van der Waals surface area contributed by atoms with Gasteiger partial charge in [0.2, 0.25) is 0 Å². The number of fused-ring (bicyclic) bond motifs is 2. The molecule has 48 heavy (non-hydrogen) atoms. The van der Waals surface area contributed by atoms with Gasteiger partial charge in [0.15, 0.2) is 0 Å². The quantitative estimate of drug-likeness (QED) is 0.130. The zero-order valence-electron chi connectivity index (χ0n) is 25.3. The van der Waals surface area contributed by atoms with Gasteiger partial charge in [0.25, 0.3) is 0 Å². The van der Waals surface area contributed by atoms with Gasteiger partial charge in [0.05, 0.1) is 0 Å². The lowest BCUT2D eigenvalue weighted by molar-refractivity contribution is 0.484. The second-order valence-electron chi connectivity index (χ2n) is 11.3. The molecule has 234 valence electrons. The molecule has 6 nitrogen and oxygen atoms in total. The Hall–Kier alpha value is -5.70. The summed E-state index contributed by atoms with van der Waals surface area (Å²) in [4.78, 5) is 0.402. The Labute approximate surface area is 276 Å². The van der Waals surface area contributed by atoms with Crippen LogP contribution >= 0.6 is 0 Å². The number of rotatable bonds is 6. The second kappa shape index (κ2) is 11.5. The van der Waals surface area contributed by atoms with E-state index < -0.39 is 20.2 Å². The second-order valence-corrected chi connectivity index (χ2v) is 14.4. The largest absolute Gasteiger partial charge is 0.379 e. The molecule has 0 aliphatic heterocycles. The first-order chi connectivity index (χ1) is 23.3. The van der Waals surface area contributed by atoms with Gasteiger partial charge in [0, 0.05) is 10.6 Å². The lowest BCUT2D eigenvalue weighted by atomic mass is 9.94. The predicted octanol–water partition coefficient (Wildman–Crippen LogP) is 8.69. The summed E-state index contributed by atoms with van der Waals surface area (Å²) in [6, 6.07) is 47.6. The van der Waals surface area contributed by atoms with E-state index in [0.29, 0.717) is 16.9 Å². The summed E-state index contributed by atoms with van der Waals surface area (Å²) in [6.45, 7) is 0. The van der Waals surface area contributed by atoms with Crippen LogP contribution in [0.15, 0.2) is 168 Å². The molecule has 1 aliphatic carbocycles. The van der Waals surface area contributed by atoms with Crippen molar-refractivity contribution in [3.05, 3.63) is 179 Å². The van der Waals surface area contributed by atoms with Gasteiger partial charge in [-0.1, -0.05) is 121 Å². The molecule has 8 aromatic carbocycles. The average molecular weight is 667 g/mol. The third-order valence-electron chi connectivity index (χ3n) is 8.44. The summed E-state index contributed by atoms with van der Waals surface area (Å²) in [5, 5.41) is 9.66. The van der Waals surface area contributed by atoms with E-state index in [0.717, 1.165) is 47.8 Å². The average Bonchev–Trinajstić information content (AvgIpc) is 3.10. The minimum atomic E-state index is -3.94. The summed E-state index contributed by atoms with van der Waals surface area (Å²) >= 11 is 0. The molecule has 0 N–H and O–H groups in total. The van der Waals surface area contributed by atoms with Gasteiger partial charge in [-0.25, -0.2) is 0 Å². The maximum Gasteiger partial charge on any atom is 0.339 e. The maximum absolute atomic E-state index is 12.9. The van der Waals surface area contributed by atoms with Gasteiger partial charge in [-0.2, -0.15) is 16.8 Å². The van der Waals surface area contributed by atoms with Gasteiger partial charge in [-0.05, 0) is 79.0 Å². The molecule has 0 radical (unpaired) electrons. The maximum atomic E-state index is 12.9. The van der Waals surface area contributed by atoms with Crippen molar-refractivity contribution in [1.82, 2.24) is 0 Å². The summed E-state index contributed by atoms with van der Waals surface area (Å²) < 4.78 is 61.6. The topological polar surface area (TPSA) is 86.7 Å². The Morgan fingerprint density at radius 1 is 0.354 bits per heavy atom. The van der Waals surface area contributed by atoms with Crippen molar-refractivity contribution in [3.63, 3.8) is 0 Å². The SMILES string of the molecule is O=S(=O)(Oc1ccccc1)c1ccc2ccc3cccc4ccc1c2c34.O=S(=O)(Oc1ccccc1)c1cccc2c1=c1ccccc1=2. The van der Waals surface area contributed by atoms with Crippen LogP contribution < -0.4 is 8.37 Å². The van der Waals surface area contributed by atoms with Crippen LogP contribution in [-0.2, 0) is 20.2 Å². The molecule has 0 atom stereocenters. The van der Waals surface area contributed by atoms with E-state index in [1.54, 1.807) is 66.7 Å². The zero-order chi connectivity index (χ0) is 32.9. The molecule has 0 unspecified atom stereocenters. The third kappa shape index (κ3) is 5.12. The first kappa shape index (κ1) is 29.7. The van der Waals surface area contributed by atoms with E-state index in [1.165, 1.54) is 0 Å². The first-order valence-corrected chi connectivity index (χ1v) is 18.0. The van der Waals surface area contributed by atoms with Gasteiger partial charge in [-0.15, -0.1) is 0 Å². The van der Waals surface area contributed by atoms with Crippen LogP contribution in [0.1, 0.15) is 0 Å². The zero-order valence-corrected chi connectivity index (χ0v) is 26.9. The summed E-state index contributed by atoms with van der Waals surface area (Å²) in [5.74, 6) is 0.617. The highest BCUT2D eigenvalue weighted by Gasteiger charge is 2.23. The Morgan fingerprint density at radius 2 is 0.833 bits per heavy atom. The molecule has 1 aliphatic rings. The molecular weight excluding hydrogens is 641 g/mol. The monoisotopic (exact) mass is 666 g/mol. The number of para-hydroxylation sites is 2. The van der Waals surface area contributed by atoms with E-state index in [1.807, 2.05) is 84.9 Å². The van der Waals surface area contributed by atoms with Crippen molar-refractivity contribution in [2.75, 3.05) is 0 Å². The van der Waals surface area contributed by atoms with Crippen LogP contribution in [0.3, 0.4) is 0 Å². The van der Waals surface area contributed by atoms with E-state index in [-0.39, 0.29) is 9.79 Å². The van der Waals surface area contributed by atoms with Gasteiger partial charge in [-0.3, -0.25) is 0 Å². The Kier molecular flexibility index (Phi) is 7.13. The molecule has 0 aromatic heterocycles. The van der Waals surface area contributed by atoms with E-state index in [2.05, 4.69) is 6.07 Å². The molecule has 8 aromatic rings. The minimum Gasteiger partial charge on any atom is -0.379 e. The third-order valence-corrected chi connectivity index (χ3v) is 11.0. The van der Waals surface area contributed by atoms with E-state index in [9.17, 15) is 16.8 Å². The Morgan fingerprint density at radius 3 is 1.48 bits per heavy atom. The molecule has 9 rings (SSSR count). The molecule has 0 spiro atoms. The first-order valence-electron chi connectivity index (χ1n) is 15.2. The number of benzene rings is 8. The molecule has 8 heteroatoms. The smallest absolute Gasteiger partial charge is 0.339 e. The van der Waals surface area contributed by atoms with Crippen molar-refractivity contribution in [1.29, 1.82) is 0 Å². The fraction of sp³-hybridized carbons (Fsp3) is 0. The van der Waals surface area contributed by atoms with Crippen LogP contribution in [0.5, 0.6) is 11.5 Å². The van der Waals surface area contributed by atoms with Crippen molar-refractivity contribution in [3.8, 4) is 11.5 Å². The highest BCUT2D eigenvalue weighted by atomic mass is 32.2. The van der Waals surface area contributed by atoms with Gasteiger partial charge >= 0.3 is 20.2 Å². The molecule has 0 bridgehead atoms. The molecule has 0 saturated carbocycles. The molecular formula is C40H26O6S2. The van der Waals surface area contributed by atoms with Crippen LogP contribution in [0.25, 0.3) is 32.3 Å². The van der Waals surface area contributed by atoms with Crippen molar-refractivity contribution in [2.24, 2.45) is 0 Å². The number of hydrogen-bond donors (Lipinski definition) is 0. The van der Waals surface area contributed by atoms with Crippen molar-refractivity contribution < 1.29 is 25.2 Å². The summed E-state index contributed by atoms with van der Waals surface area (Å²) in [5.41, 5.74) is 0. The van der Waals surface area contributed by atoms with Crippen molar-refractivity contribution in [2.45, 2.75) is 9.79 Å². The Balaban J connectivity index is 0.000000142. The molecule has 0 amide bonds. The Bertz CT molecular complexity index is 2900. The normalized spacial score (nSPS) is 12.1. The standard InChI is InChI=1S/C22H14O3S.C18H12O3S/c23-26(24,25-18-7-2-1-3-8-18)20-14-12-17-10-9-15-5-4-6-16-11-13-19(20)22(17)21(15)16;19-22(20,21-13-7-2-1-3-8-13)17-12-6-11-16-14-9-4-5-10-15(14)18(16)17/h1-14H;1-12H. The highest BCUT2D eigenvalue weighted by Crippen LogP contribution is 2.37. The summed E-state index contributed by atoms with van der Waals surface area (Å²) in [7, 11) is -7.80. The van der Waals surface area contributed by atoms with Crippen LogP contribution in [0.2, 0.25) is 0 Å². The highest BCUT2D eigenvalue weighted by molar-refractivity contribution is 7.87. The summed E-state index contributed by atoms with van der Waals surface area (Å²) in [6.07, 6.45) is 0. The lowest BCUT2D eigenvalue weighted by Gasteiger charge is -2.14.